The van der Waals surface area contributed by atoms with Gasteiger partial charge >= 0.3 is 0 Å². The first-order valence-electron chi connectivity index (χ1n) is 7.95. The fourth-order valence-corrected chi connectivity index (χ4v) is 3.83. The number of benzene rings is 1. The lowest BCUT2D eigenvalue weighted by Gasteiger charge is -2.49. The number of nitrogens with zero attached hydrogens (tertiary/aromatic N) is 1. The van der Waals surface area contributed by atoms with Gasteiger partial charge in [0.2, 0.25) is 0 Å². The second-order valence-corrected chi connectivity index (χ2v) is 7.33. The van der Waals surface area contributed by atoms with E-state index in [1.807, 2.05) is 6.07 Å². The molecule has 21 heavy (non-hydrogen) atoms. The Labute approximate surface area is 129 Å². The number of rotatable bonds is 5. The van der Waals surface area contributed by atoms with Crippen molar-refractivity contribution in [1.29, 1.82) is 0 Å². The molecule has 1 aromatic rings. The van der Waals surface area contributed by atoms with Crippen molar-refractivity contribution in [2.45, 2.75) is 51.6 Å². The maximum atomic E-state index is 6.20. The van der Waals surface area contributed by atoms with Crippen molar-refractivity contribution in [3.8, 4) is 5.75 Å². The third kappa shape index (κ3) is 3.78. The molecule has 1 fully saturated rings. The van der Waals surface area contributed by atoms with Crippen LogP contribution in [0.25, 0.3) is 0 Å². The number of likely N-dealkylation sites (N-methyl/N-ethyl adjacent to an activating group) is 1. The number of methoxy groups -OCH3 is 1. The summed E-state index contributed by atoms with van der Waals surface area (Å²) >= 11 is 0. The minimum absolute atomic E-state index is 0.130. The van der Waals surface area contributed by atoms with Gasteiger partial charge in [0.1, 0.15) is 5.75 Å². The molecule has 2 rings (SSSR count). The molecule has 0 spiro atoms. The average Bonchev–Trinajstić information content (AvgIpc) is 2.46. The summed E-state index contributed by atoms with van der Waals surface area (Å²) in [7, 11) is 3.93. The molecule has 1 saturated carbocycles. The molecular formula is C18H30N2O. The van der Waals surface area contributed by atoms with Crippen LogP contribution in [0.15, 0.2) is 24.3 Å². The van der Waals surface area contributed by atoms with E-state index in [1.165, 1.54) is 31.2 Å². The van der Waals surface area contributed by atoms with E-state index < -0.39 is 0 Å². The van der Waals surface area contributed by atoms with E-state index in [2.05, 4.69) is 44.0 Å². The largest absolute Gasteiger partial charge is 0.497 e. The van der Waals surface area contributed by atoms with Crippen LogP contribution in [0, 0.1) is 5.41 Å². The zero-order valence-electron chi connectivity index (χ0n) is 14.0. The summed E-state index contributed by atoms with van der Waals surface area (Å²) in [6.07, 6.45) is 4.96. The van der Waals surface area contributed by atoms with Crippen LogP contribution < -0.4 is 10.5 Å². The van der Waals surface area contributed by atoms with Gasteiger partial charge in [0.15, 0.2) is 0 Å². The third-order valence-corrected chi connectivity index (χ3v) is 5.05. The van der Waals surface area contributed by atoms with Crippen LogP contribution in [-0.2, 0) is 6.54 Å². The monoisotopic (exact) mass is 290 g/mol. The first kappa shape index (κ1) is 16.3. The molecule has 0 amide bonds. The van der Waals surface area contributed by atoms with E-state index in [-0.39, 0.29) is 5.54 Å². The van der Waals surface area contributed by atoms with Crippen molar-refractivity contribution < 1.29 is 4.74 Å². The van der Waals surface area contributed by atoms with Gasteiger partial charge in [-0.1, -0.05) is 32.4 Å². The van der Waals surface area contributed by atoms with Crippen LogP contribution in [0.4, 0.5) is 0 Å². The first-order valence-corrected chi connectivity index (χ1v) is 7.95. The molecule has 1 atom stereocenters. The minimum atomic E-state index is 0.130. The Morgan fingerprint density at radius 3 is 2.67 bits per heavy atom. The summed E-state index contributed by atoms with van der Waals surface area (Å²) in [5.74, 6) is 0.923. The van der Waals surface area contributed by atoms with Gasteiger partial charge in [0, 0.05) is 18.6 Å². The Morgan fingerprint density at radius 1 is 1.29 bits per heavy atom. The number of hydrogen-bond acceptors (Lipinski definition) is 3. The second-order valence-electron chi connectivity index (χ2n) is 7.33. The van der Waals surface area contributed by atoms with Gasteiger partial charge in [-0.15, -0.1) is 0 Å². The number of ether oxygens (including phenoxy) is 1. The SMILES string of the molecule is COc1cccc(CN(C)C2(CN)CCCC(C)(C)C2)c1. The summed E-state index contributed by atoms with van der Waals surface area (Å²) < 4.78 is 5.32. The molecule has 2 N–H and O–H groups in total. The van der Waals surface area contributed by atoms with E-state index in [4.69, 9.17) is 10.5 Å². The Bertz CT molecular complexity index is 472. The number of nitrogens with two attached hydrogens (primary N) is 1. The Balaban J connectivity index is 2.14. The summed E-state index contributed by atoms with van der Waals surface area (Å²) in [6.45, 7) is 6.40. The summed E-state index contributed by atoms with van der Waals surface area (Å²) in [4.78, 5) is 2.46. The molecule has 0 bridgehead atoms. The smallest absolute Gasteiger partial charge is 0.119 e. The zero-order valence-corrected chi connectivity index (χ0v) is 14.0. The van der Waals surface area contributed by atoms with Gasteiger partial charge in [0.25, 0.3) is 0 Å². The molecule has 0 aromatic heterocycles. The van der Waals surface area contributed by atoms with Crippen LogP contribution in [-0.4, -0.2) is 31.1 Å². The van der Waals surface area contributed by atoms with Crippen LogP contribution in [0.3, 0.4) is 0 Å². The summed E-state index contributed by atoms with van der Waals surface area (Å²) in [6, 6.07) is 8.33. The maximum absolute atomic E-state index is 6.20. The van der Waals surface area contributed by atoms with E-state index in [1.54, 1.807) is 7.11 Å². The molecule has 1 aliphatic rings. The van der Waals surface area contributed by atoms with E-state index in [9.17, 15) is 0 Å². The molecule has 0 radical (unpaired) electrons. The molecule has 1 unspecified atom stereocenters. The molecule has 3 heteroatoms. The van der Waals surface area contributed by atoms with Crippen molar-refractivity contribution in [2.75, 3.05) is 20.7 Å². The molecule has 0 heterocycles. The van der Waals surface area contributed by atoms with Gasteiger partial charge in [-0.2, -0.15) is 0 Å². The molecule has 1 aromatic carbocycles. The Hall–Kier alpha value is -1.06. The van der Waals surface area contributed by atoms with E-state index >= 15 is 0 Å². The van der Waals surface area contributed by atoms with Crippen LogP contribution in [0.5, 0.6) is 5.75 Å². The highest BCUT2D eigenvalue weighted by Gasteiger charge is 2.41. The molecule has 1 aliphatic carbocycles. The highest BCUT2D eigenvalue weighted by molar-refractivity contribution is 5.28. The van der Waals surface area contributed by atoms with Gasteiger partial charge in [-0.25, -0.2) is 0 Å². The lowest BCUT2D eigenvalue weighted by atomic mass is 9.67. The van der Waals surface area contributed by atoms with Crippen LogP contribution >= 0.6 is 0 Å². The minimum Gasteiger partial charge on any atom is -0.497 e. The van der Waals surface area contributed by atoms with Crippen LogP contribution in [0.2, 0.25) is 0 Å². The summed E-state index contributed by atoms with van der Waals surface area (Å²) in [5.41, 5.74) is 8.01. The highest BCUT2D eigenvalue weighted by Crippen LogP contribution is 2.43. The predicted molar refractivity (Wildman–Crippen MR) is 88.5 cm³/mol. The van der Waals surface area contributed by atoms with Gasteiger partial charge in [-0.3, -0.25) is 4.90 Å². The summed E-state index contributed by atoms with van der Waals surface area (Å²) in [5, 5.41) is 0. The normalized spacial score (nSPS) is 25.0. The Kier molecular flexibility index (Phi) is 4.95. The second kappa shape index (κ2) is 6.37. The lowest BCUT2D eigenvalue weighted by Crippen LogP contribution is -2.55. The van der Waals surface area contributed by atoms with Gasteiger partial charge in [-0.05, 0) is 49.4 Å². The van der Waals surface area contributed by atoms with Crippen molar-refractivity contribution in [2.24, 2.45) is 11.1 Å². The first-order chi connectivity index (χ1) is 9.91. The predicted octanol–water partition coefficient (Wildman–Crippen LogP) is 3.42. The third-order valence-electron chi connectivity index (χ3n) is 5.05. The quantitative estimate of drug-likeness (QED) is 0.903. The fraction of sp³-hybridized carbons (Fsp3) is 0.667. The van der Waals surface area contributed by atoms with Crippen LogP contribution in [0.1, 0.15) is 45.1 Å². The Morgan fingerprint density at radius 2 is 2.05 bits per heavy atom. The van der Waals surface area contributed by atoms with E-state index in [0.717, 1.165) is 18.8 Å². The molecule has 0 saturated heterocycles. The zero-order chi connectivity index (χ0) is 15.5. The van der Waals surface area contributed by atoms with E-state index in [0.29, 0.717) is 5.41 Å². The molecule has 0 aliphatic heterocycles. The lowest BCUT2D eigenvalue weighted by molar-refractivity contribution is 0.0223. The van der Waals surface area contributed by atoms with Crippen molar-refractivity contribution in [3.05, 3.63) is 29.8 Å². The van der Waals surface area contributed by atoms with Crippen molar-refractivity contribution in [3.63, 3.8) is 0 Å². The highest BCUT2D eigenvalue weighted by atomic mass is 16.5. The maximum Gasteiger partial charge on any atom is 0.119 e. The van der Waals surface area contributed by atoms with Crippen molar-refractivity contribution in [1.82, 2.24) is 4.90 Å². The topological polar surface area (TPSA) is 38.5 Å². The molecule has 118 valence electrons. The van der Waals surface area contributed by atoms with Gasteiger partial charge < -0.3 is 10.5 Å². The average molecular weight is 290 g/mol. The van der Waals surface area contributed by atoms with Crippen molar-refractivity contribution >= 4 is 0 Å². The fourth-order valence-electron chi connectivity index (χ4n) is 3.83. The number of hydrogen-bond donors (Lipinski definition) is 1. The van der Waals surface area contributed by atoms with Gasteiger partial charge in [0.05, 0.1) is 7.11 Å². The molecule has 3 nitrogen and oxygen atoms in total. The molecular weight excluding hydrogens is 260 g/mol. The standard InChI is InChI=1S/C18H30N2O/c1-17(2)9-6-10-18(13-17,14-19)20(3)12-15-7-5-8-16(11-15)21-4/h5,7-8,11H,6,9-10,12-14,19H2,1-4H3.